The molecular formula is C17H19ClN2O. The largest absolute Gasteiger partial charge is 0.495 e. The molecule has 0 saturated heterocycles. The number of ether oxygens (including phenoxy) is 1. The van der Waals surface area contributed by atoms with Gasteiger partial charge >= 0.3 is 0 Å². The quantitative estimate of drug-likeness (QED) is 0.925. The van der Waals surface area contributed by atoms with Crippen molar-refractivity contribution in [3.05, 3.63) is 52.5 Å². The lowest BCUT2D eigenvalue weighted by Gasteiger charge is -2.14. The van der Waals surface area contributed by atoms with Crippen molar-refractivity contribution >= 4 is 23.0 Å². The van der Waals surface area contributed by atoms with E-state index in [9.17, 15) is 0 Å². The van der Waals surface area contributed by atoms with Crippen LogP contribution in [-0.4, -0.2) is 20.7 Å². The summed E-state index contributed by atoms with van der Waals surface area (Å²) in [7, 11) is 3.81. The highest BCUT2D eigenvalue weighted by Gasteiger charge is 2.15. The number of nitrogens with zero attached hydrogens (tertiary/aromatic N) is 1. The molecule has 2 aromatic rings. The number of hydrogen-bond donors (Lipinski definition) is 1. The van der Waals surface area contributed by atoms with E-state index in [1.807, 2.05) is 18.2 Å². The highest BCUT2D eigenvalue weighted by molar-refractivity contribution is 6.30. The van der Waals surface area contributed by atoms with E-state index >= 15 is 0 Å². The van der Waals surface area contributed by atoms with Crippen LogP contribution in [0.3, 0.4) is 0 Å². The van der Waals surface area contributed by atoms with Crippen LogP contribution in [-0.2, 0) is 13.0 Å². The van der Waals surface area contributed by atoms with Crippen molar-refractivity contribution in [2.75, 3.05) is 30.9 Å². The van der Waals surface area contributed by atoms with Gasteiger partial charge in [0.05, 0.1) is 12.8 Å². The molecule has 0 unspecified atom stereocenters. The highest BCUT2D eigenvalue weighted by Crippen LogP contribution is 2.30. The van der Waals surface area contributed by atoms with Gasteiger partial charge in [0, 0.05) is 30.8 Å². The first-order valence-corrected chi connectivity index (χ1v) is 7.45. The molecule has 0 bridgehead atoms. The van der Waals surface area contributed by atoms with Crippen LogP contribution in [0.1, 0.15) is 11.1 Å². The number of hydrogen-bond acceptors (Lipinski definition) is 3. The monoisotopic (exact) mass is 302 g/mol. The smallest absolute Gasteiger partial charge is 0.142 e. The van der Waals surface area contributed by atoms with Gasteiger partial charge in [-0.05, 0) is 41.8 Å². The fourth-order valence-electron chi connectivity index (χ4n) is 2.75. The van der Waals surface area contributed by atoms with Gasteiger partial charge in [-0.2, -0.15) is 0 Å². The minimum Gasteiger partial charge on any atom is -0.495 e. The van der Waals surface area contributed by atoms with Crippen molar-refractivity contribution in [1.29, 1.82) is 0 Å². The Morgan fingerprint density at radius 3 is 2.90 bits per heavy atom. The normalized spacial score (nSPS) is 13.2. The minimum absolute atomic E-state index is 0.703. The molecule has 4 heteroatoms. The summed E-state index contributed by atoms with van der Waals surface area (Å²) in [4.78, 5) is 2.30. The maximum Gasteiger partial charge on any atom is 0.142 e. The molecule has 1 aliphatic rings. The molecule has 3 rings (SSSR count). The van der Waals surface area contributed by atoms with Gasteiger partial charge in [0.2, 0.25) is 0 Å². The maximum absolute atomic E-state index is 6.05. The van der Waals surface area contributed by atoms with Crippen LogP contribution in [0, 0.1) is 0 Å². The van der Waals surface area contributed by atoms with Crippen molar-refractivity contribution < 1.29 is 4.74 Å². The van der Waals surface area contributed by atoms with Crippen LogP contribution >= 0.6 is 11.6 Å². The second-order valence-electron chi connectivity index (χ2n) is 5.33. The summed E-state index contributed by atoms with van der Waals surface area (Å²) in [5.74, 6) is 0.806. The van der Waals surface area contributed by atoms with Crippen molar-refractivity contribution in [2.45, 2.75) is 13.0 Å². The molecule has 0 fully saturated rings. The molecule has 0 atom stereocenters. The van der Waals surface area contributed by atoms with E-state index in [4.69, 9.17) is 16.3 Å². The first kappa shape index (κ1) is 14.1. The van der Waals surface area contributed by atoms with Crippen molar-refractivity contribution in [2.24, 2.45) is 0 Å². The Morgan fingerprint density at radius 2 is 2.10 bits per heavy atom. The van der Waals surface area contributed by atoms with E-state index in [-0.39, 0.29) is 0 Å². The molecule has 0 radical (unpaired) electrons. The average molecular weight is 303 g/mol. The number of fused-ring (bicyclic) bond motifs is 1. The SMILES string of the molecule is COc1ccc(Cl)cc1NCc1ccc2c(c1)CCN2C. The fraction of sp³-hybridized carbons (Fsp3) is 0.294. The van der Waals surface area contributed by atoms with E-state index in [0.717, 1.165) is 30.9 Å². The molecule has 1 aliphatic heterocycles. The van der Waals surface area contributed by atoms with Gasteiger partial charge in [0.1, 0.15) is 5.75 Å². The standard InChI is InChI=1S/C17H19ClN2O/c1-20-8-7-13-9-12(3-5-16(13)20)11-19-15-10-14(18)4-6-17(15)21-2/h3-6,9-10,19H,7-8,11H2,1-2H3. The third-order valence-electron chi connectivity index (χ3n) is 3.92. The zero-order valence-corrected chi connectivity index (χ0v) is 13.1. The second kappa shape index (κ2) is 5.86. The number of likely N-dealkylation sites (N-methyl/N-ethyl adjacent to an activating group) is 1. The summed E-state index contributed by atoms with van der Waals surface area (Å²) in [5.41, 5.74) is 4.96. The molecule has 3 nitrogen and oxygen atoms in total. The molecule has 0 saturated carbocycles. The number of benzene rings is 2. The molecule has 1 N–H and O–H groups in total. The Balaban J connectivity index is 1.75. The van der Waals surface area contributed by atoms with E-state index in [0.29, 0.717) is 5.02 Å². The van der Waals surface area contributed by atoms with Gasteiger partial charge in [-0.3, -0.25) is 0 Å². The van der Waals surface area contributed by atoms with Crippen molar-refractivity contribution in [3.8, 4) is 5.75 Å². The Hall–Kier alpha value is -1.87. The van der Waals surface area contributed by atoms with Crippen LogP contribution < -0.4 is 15.0 Å². The lowest BCUT2D eigenvalue weighted by Crippen LogP contribution is -2.12. The number of halogens is 1. The van der Waals surface area contributed by atoms with Gasteiger partial charge in [0.15, 0.2) is 0 Å². The third kappa shape index (κ3) is 2.93. The molecule has 1 heterocycles. The van der Waals surface area contributed by atoms with Crippen LogP contribution in [0.2, 0.25) is 5.02 Å². The van der Waals surface area contributed by atoms with Crippen LogP contribution in [0.4, 0.5) is 11.4 Å². The summed E-state index contributed by atoms with van der Waals surface area (Å²) in [6.07, 6.45) is 1.13. The summed E-state index contributed by atoms with van der Waals surface area (Å²) in [6, 6.07) is 12.3. The van der Waals surface area contributed by atoms with Crippen LogP contribution in [0.25, 0.3) is 0 Å². The first-order valence-electron chi connectivity index (χ1n) is 7.08. The summed E-state index contributed by atoms with van der Waals surface area (Å²) < 4.78 is 5.35. The van der Waals surface area contributed by atoms with Gasteiger partial charge < -0.3 is 15.0 Å². The summed E-state index contributed by atoms with van der Waals surface area (Å²) >= 11 is 6.05. The van der Waals surface area contributed by atoms with Crippen LogP contribution in [0.15, 0.2) is 36.4 Å². The number of anilines is 2. The minimum atomic E-state index is 0.703. The van der Waals surface area contributed by atoms with Gasteiger partial charge in [-0.15, -0.1) is 0 Å². The summed E-state index contributed by atoms with van der Waals surface area (Å²) in [5, 5.41) is 4.10. The first-order chi connectivity index (χ1) is 10.2. The summed E-state index contributed by atoms with van der Waals surface area (Å²) in [6.45, 7) is 1.86. The van der Waals surface area contributed by atoms with Gasteiger partial charge in [0.25, 0.3) is 0 Å². The fourth-order valence-corrected chi connectivity index (χ4v) is 2.92. The lowest BCUT2D eigenvalue weighted by molar-refractivity contribution is 0.416. The lowest BCUT2D eigenvalue weighted by atomic mass is 10.1. The number of rotatable bonds is 4. The molecule has 2 aromatic carbocycles. The van der Waals surface area contributed by atoms with Crippen molar-refractivity contribution in [3.63, 3.8) is 0 Å². The molecule has 0 aromatic heterocycles. The van der Waals surface area contributed by atoms with E-state index in [1.165, 1.54) is 16.8 Å². The molecule has 21 heavy (non-hydrogen) atoms. The molecule has 0 amide bonds. The molecule has 0 spiro atoms. The zero-order valence-electron chi connectivity index (χ0n) is 12.3. The van der Waals surface area contributed by atoms with Gasteiger partial charge in [-0.25, -0.2) is 0 Å². The topological polar surface area (TPSA) is 24.5 Å². The second-order valence-corrected chi connectivity index (χ2v) is 5.77. The Labute approximate surface area is 130 Å². The van der Waals surface area contributed by atoms with Gasteiger partial charge in [-0.1, -0.05) is 23.7 Å². The van der Waals surface area contributed by atoms with E-state index in [2.05, 4.69) is 35.5 Å². The number of methoxy groups -OCH3 is 1. The predicted molar refractivity (Wildman–Crippen MR) is 88.7 cm³/mol. The molecular weight excluding hydrogens is 284 g/mol. The Kier molecular flexibility index (Phi) is 3.93. The predicted octanol–water partition coefficient (Wildman–Crippen LogP) is 3.95. The molecule has 110 valence electrons. The zero-order chi connectivity index (χ0) is 14.8. The van der Waals surface area contributed by atoms with E-state index in [1.54, 1.807) is 7.11 Å². The average Bonchev–Trinajstić information content (AvgIpc) is 2.86. The van der Waals surface area contributed by atoms with Crippen molar-refractivity contribution in [1.82, 2.24) is 0 Å². The van der Waals surface area contributed by atoms with E-state index < -0.39 is 0 Å². The maximum atomic E-state index is 6.05. The molecule has 0 aliphatic carbocycles. The highest BCUT2D eigenvalue weighted by atomic mass is 35.5. The third-order valence-corrected chi connectivity index (χ3v) is 4.15. The Bertz CT molecular complexity index is 657. The van der Waals surface area contributed by atoms with Crippen LogP contribution in [0.5, 0.6) is 5.75 Å². The Morgan fingerprint density at radius 1 is 1.24 bits per heavy atom. The number of nitrogens with one attached hydrogen (secondary N) is 1.